The van der Waals surface area contributed by atoms with E-state index in [-0.39, 0.29) is 5.91 Å². The fourth-order valence-corrected chi connectivity index (χ4v) is 3.26. The number of carbonyl (C=O) groups is 1. The van der Waals surface area contributed by atoms with Gasteiger partial charge in [0.05, 0.1) is 18.7 Å². The van der Waals surface area contributed by atoms with E-state index in [4.69, 9.17) is 4.74 Å². The Labute approximate surface area is 160 Å². The zero-order valence-corrected chi connectivity index (χ0v) is 15.0. The van der Waals surface area contributed by atoms with Gasteiger partial charge in [0.2, 0.25) is 5.95 Å². The van der Waals surface area contributed by atoms with Crippen molar-refractivity contribution in [3.63, 3.8) is 0 Å². The molecule has 0 N–H and O–H groups in total. The predicted molar refractivity (Wildman–Crippen MR) is 100 cm³/mol. The number of pyridine rings is 1. The van der Waals surface area contributed by atoms with E-state index in [1.807, 2.05) is 28.8 Å². The van der Waals surface area contributed by atoms with Gasteiger partial charge in [-0.05, 0) is 18.2 Å². The zero-order chi connectivity index (χ0) is 18.9. The van der Waals surface area contributed by atoms with Crippen molar-refractivity contribution in [2.75, 3.05) is 26.3 Å². The smallest absolute Gasteiger partial charge is 0.274 e. The summed E-state index contributed by atoms with van der Waals surface area (Å²) in [6, 6.07) is 7.44. The highest BCUT2D eigenvalue weighted by Crippen LogP contribution is 2.23. The minimum absolute atomic E-state index is 0.0934. The summed E-state index contributed by atoms with van der Waals surface area (Å²) in [5.41, 5.74) is 1.80. The van der Waals surface area contributed by atoms with Crippen molar-refractivity contribution in [3.05, 3.63) is 61.1 Å². The maximum Gasteiger partial charge on any atom is 0.274 e. The van der Waals surface area contributed by atoms with Crippen LogP contribution < -0.4 is 0 Å². The van der Waals surface area contributed by atoms with Gasteiger partial charge in [-0.15, -0.1) is 0 Å². The van der Waals surface area contributed by atoms with E-state index >= 15 is 0 Å². The van der Waals surface area contributed by atoms with Gasteiger partial charge in [-0.1, -0.05) is 6.07 Å². The minimum Gasteiger partial charge on any atom is -0.378 e. The van der Waals surface area contributed by atoms with Crippen LogP contribution in [0, 0.1) is 0 Å². The van der Waals surface area contributed by atoms with Gasteiger partial charge in [-0.25, -0.2) is 19.9 Å². The number of amides is 1. The third kappa shape index (κ3) is 2.81. The number of fused-ring (bicyclic) bond motifs is 1. The first-order valence-corrected chi connectivity index (χ1v) is 8.97. The Bertz CT molecular complexity index is 1130. The van der Waals surface area contributed by atoms with Crippen LogP contribution in [0.4, 0.5) is 0 Å². The van der Waals surface area contributed by atoms with Crippen molar-refractivity contribution in [1.82, 2.24) is 33.8 Å². The van der Waals surface area contributed by atoms with Crippen LogP contribution in [-0.2, 0) is 4.74 Å². The average molecular weight is 375 g/mol. The molecule has 1 fully saturated rings. The second-order valence-electron chi connectivity index (χ2n) is 6.36. The lowest BCUT2D eigenvalue weighted by atomic mass is 10.3. The van der Waals surface area contributed by atoms with E-state index in [9.17, 15) is 4.79 Å². The summed E-state index contributed by atoms with van der Waals surface area (Å²) in [6.07, 6.45) is 8.67. The monoisotopic (exact) mass is 375 g/mol. The van der Waals surface area contributed by atoms with Crippen LogP contribution in [0.5, 0.6) is 0 Å². The Kier molecular flexibility index (Phi) is 4.06. The van der Waals surface area contributed by atoms with Crippen molar-refractivity contribution < 1.29 is 9.53 Å². The lowest BCUT2D eigenvalue weighted by Gasteiger charge is -2.26. The number of hydrogen-bond donors (Lipinski definition) is 0. The highest BCUT2D eigenvalue weighted by Gasteiger charge is 2.25. The Hall–Kier alpha value is -3.59. The molecular weight excluding hydrogens is 358 g/mol. The van der Waals surface area contributed by atoms with Crippen molar-refractivity contribution in [3.8, 4) is 17.5 Å². The summed E-state index contributed by atoms with van der Waals surface area (Å²) >= 11 is 0. The lowest BCUT2D eigenvalue weighted by molar-refractivity contribution is 0.0301. The van der Waals surface area contributed by atoms with Gasteiger partial charge in [0, 0.05) is 37.9 Å². The second-order valence-corrected chi connectivity index (χ2v) is 6.36. The average Bonchev–Trinajstić information content (AvgIpc) is 3.40. The van der Waals surface area contributed by atoms with Gasteiger partial charge in [0.15, 0.2) is 11.5 Å². The summed E-state index contributed by atoms with van der Waals surface area (Å²) < 4.78 is 8.95. The molecule has 0 aromatic carbocycles. The standard InChI is InChI=1S/C19H17N7O2/c27-18(24-8-10-28-11-9-24)16-15-4-1-2-7-26(15)17(23-16)14-12-25(13-22-14)19-20-5-3-6-21-19/h1-7,12-13H,8-11H2. The number of aromatic nitrogens is 6. The first kappa shape index (κ1) is 16.6. The molecular formula is C19H17N7O2. The van der Waals surface area contributed by atoms with Crippen LogP contribution in [0.1, 0.15) is 10.5 Å². The molecule has 5 heterocycles. The molecule has 0 bridgehead atoms. The largest absolute Gasteiger partial charge is 0.378 e. The molecule has 1 aliphatic heterocycles. The molecule has 0 radical (unpaired) electrons. The topological polar surface area (TPSA) is 90.4 Å². The molecule has 1 aliphatic rings. The molecule has 1 saturated heterocycles. The molecule has 0 spiro atoms. The molecule has 140 valence electrons. The summed E-state index contributed by atoms with van der Waals surface area (Å²) in [5.74, 6) is 1.03. The Morgan fingerprint density at radius 1 is 1.04 bits per heavy atom. The molecule has 0 saturated carbocycles. The Morgan fingerprint density at radius 2 is 1.86 bits per heavy atom. The maximum atomic E-state index is 13.0. The molecule has 0 atom stereocenters. The minimum atomic E-state index is -0.0934. The molecule has 0 unspecified atom stereocenters. The van der Waals surface area contributed by atoms with E-state index in [1.165, 1.54) is 0 Å². The van der Waals surface area contributed by atoms with Crippen molar-refractivity contribution in [2.45, 2.75) is 0 Å². The van der Waals surface area contributed by atoms with Gasteiger partial charge in [0.1, 0.15) is 12.0 Å². The fourth-order valence-electron chi connectivity index (χ4n) is 3.26. The highest BCUT2D eigenvalue weighted by molar-refractivity contribution is 6.00. The second kappa shape index (κ2) is 6.86. The fraction of sp³-hybridized carbons (Fsp3) is 0.211. The third-order valence-electron chi connectivity index (χ3n) is 4.64. The number of hydrogen-bond acceptors (Lipinski definition) is 6. The van der Waals surface area contributed by atoms with Crippen molar-refractivity contribution in [1.29, 1.82) is 0 Å². The molecule has 9 nitrogen and oxygen atoms in total. The van der Waals surface area contributed by atoms with Crippen molar-refractivity contribution >= 4 is 11.4 Å². The highest BCUT2D eigenvalue weighted by atomic mass is 16.5. The first-order chi connectivity index (χ1) is 13.8. The van der Waals surface area contributed by atoms with E-state index in [2.05, 4.69) is 19.9 Å². The van der Waals surface area contributed by atoms with Gasteiger partial charge >= 0.3 is 0 Å². The van der Waals surface area contributed by atoms with Crippen LogP contribution in [0.15, 0.2) is 55.4 Å². The van der Waals surface area contributed by atoms with Crippen molar-refractivity contribution in [2.24, 2.45) is 0 Å². The summed E-state index contributed by atoms with van der Waals surface area (Å²) in [5, 5.41) is 0. The lowest BCUT2D eigenvalue weighted by Crippen LogP contribution is -2.40. The quantitative estimate of drug-likeness (QED) is 0.538. The number of ether oxygens (including phenoxy) is 1. The van der Waals surface area contributed by atoms with Crippen LogP contribution in [0.25, 0.3) is 23.0 Å². The molecule has 4 aromatic heterocycles. The molecule has 4 aromatic rings. The SMILES string of the molecule is O=C(c1nc(-c2cn(-c3ncccn3)cn2)n2ccccc12)N1CCOCC1. The summed E-state index contributed by atoms with van der Waals surface area (Å²) in [6.45, 7) is 2.23. The number of nitrogens with zero attached hydrogens (tertiary/aromatic N) is 7. The Morgan fingerprint density at radius 3 is 2.68 bits per heavy atom. The normalized spacial score (nSPS) is 14.5. The van der Waals surface area contributed by atoms with Gasteiger partial charge in [-0.2, -0.15) is 0 Å². The number of carbonyl (C=O) groups excluding carboxylic acids is 1. The number of imidazole rings is 2. The molecule has 0 aliphatic carbocycles. The number of morpholine rings is 1. The van der Waals surface area contributed by atoms with Crippen LogP contribution in [-0.4, -0.2) is 66.0 Å². The first-order valence-electron chi connectivity index (χ1n) is 8.97. The van der Waals surface area contributed by atoms with Gasteiger partial charge in [0.25, 0.3) is 5.91 Å². The van der Waals surface area contributed by atoms with E-state index in [0.717, 1.165) is 5.52 Å². The number of rotatable bonds is 3. The molecule has 5 rings (SSSR count). The summed E-state index contributed by atoms with van der Waals surface area (Å²) in [7, 11) is 0. The van der Waals surface area contributed by atoms with Gasteiger partial charge < -0.3 is 9.64 Å². The van der Waals surface area contributed by atoms with Crippen LogP contribution >= 0.6 is 0 Å². The van der Waals surface area contributed by atoms with Crippen LogP contribution in [0.2, 0.25) is 0 Å². The summed E-state index contributed by atoms with van der Waals surface area (Å²) in [4.78, 5) is 32.4. The van der Waals surface area contributed by atoms with E-state index in [1.54, 1.807) is 40.5 Å². The van der Waals surface area contributed by atoms with E-state index in [0.29, 0.717) is 49.5 Å². The van der Waals surface area contributed by atoms with E-state index < -0.39 is 0 Å². The zero-order valence-electron chi connectivity index (χ0n) is 15.0. The maximum absolute atomic E-state index is 13.0. The molecule has 28 heavy (non-hydrogen) atoms. The Balaban J connectivity index is 1.57. The molecule has 1 amide bonds. The molecule has 9 heteroatoms. The third-order valence-corrected chi connectivity index (χ3v) is 4.64. The van der Waals surface area contributed by atoms with Crippen LogP contribution in [0.3, 0.4) is 0 Å². The predicted octanol–water partition coefficient (Wildman–Crippen LogP) is 1.45. The van der Waals surface area contributed by atoms with Gasteiger partial charge in [-0.3, -0.25) is 13.8 Å².